The quantitative estimate of drug-likeness (QED) is 0.777. The van der Waals surface area contributed by atoms with Crippen LogP contribution in [0.25, 0.3) is 0 Å². The van der Waals surface area contributed by atoms with Gasteiger partial charge in [0.05, 0.1) is 12.5 Å². The molecule has 1 heterocycles. The van der Waals surface area contributed by atoms with Crippen molar-refractivity contribution in [2.24, 2.45) is 5.92 Å². The van der Waals surface area contributed by atoms with Crippen molar-refractivity contribution in [2.45, 2.75) is 45.1 Å². The van der Waals surface area contributed by atoms with Crippen molar-refractivity contribution in [3.63, 3.8) is 0 Å². The molecule has 1 aliphatic heterocycles. The number of hydrogen-bond donors (Lipinski definition) is 1. The van der Waals surface area contributed by atoms with Gasteiger partial charge >= 0.3 is 12.0 Å². The molecule has 2 rings (SSSR count). The second-order valence-corrected chi connectivity index (χ2v) is 5.11. The maximum Gasteiger partial charge on any atom is 0.317 e. The first-order valence-electron chi connectivity index (χ1n) is 6.92. The molecule has 1 unspecified atom stereocenters. The molecule has 0 aromatic rings. The molecule has 0 spiro atoms. The normalized spacial score (nSPS) is 24.3. The predicted molar refractivity (Wildman–Crippen MR) is 67.1 cm³/mol. The Morgan fingerprint density at radius 2 is 2.06 bits per heavy atom. The highest BCUT2D eigenvalue weighted by atomic mass is 16.5. The molecule has 5 nitrogen and oxygen atoms in total. The van der Waals surface area contributed by atoms with E-state index in [1.165, 1.54) is 6.42 Å². The van der Waals surface area contributed by atoms with E-state index in [0.29, 0.717) is 19.2 Å². The number of piperidine rings is 1. The summed E-state index contributed by atoms with van der Waals surface area (Å²) >= 11 is 0. The van der Waals surface area contributed by atoms with Gasteiger partial charge in [0.15, 0.2) is 0 Å². The molecule has 102 valence electrons. The number of hydrogen-bond acceptors (Lipinski definition) is 3. The van der Waals surface area contributed by atoms with E-state index in [4.69, 9.17) is 4.74 Å². The molecule has 1 N–H and O–H groups in total. The van der Waals surface area contributed by atoms with Crippen LogP contribution in [0.15, 0.2) is 0 Å². The van der Waals surface area contributed by atoms with Crippen LogP contribution >= 0.6 is 0 Å². The highest BCUT2D eigenvalue weighted by molar-refractivity contribution is 5.77. The summed E-state index contributed by atoms with van der Waals surface area (Å²) in [5.41, 5.74) is 0. The molecule has 0 aromatic heterocycles. The van der Waals surface area contributed by atoms with E-state index in [-0.39, 0.29) is 17.9 Å². The summed E-state index contributed by atoms with van der Waals surface area (Å²) in [5.74, 6) is -0.315. The number of nitrogens with one attached hydrogen (secondary N) is 1. The monoisotopic (exact) mass is 254 g/mol. The summed E-state index contributed by atoms with van der Waals surface area (Å²) < 4.78 is 5.03. The Labute approximate surface area is 108 Å². The summed E-state index contributed by atoms with van der Waals surface area (Å²) in [5, 5.41) is 3.01. The standard InChI is InChI=1S/C13H22N2O3/c1-2-18-12(16)10-5-4-8-15(9-10)13(17)14-11-6-3-7-11/h10-11H,2-9H2,1H3,(H,14,17). The third-order valence-corrected chi connectivity index (χ3v) is 3.76. The molecule has 0 aromatic carbocycles. The van der Waals surface area contributed by atoms with Crippen molar-refractivity contribution in [3.05, 3.63) is 0 Å². The van der Waals surface area contributed by atoms with Crippen LogP contribution in [0.2, 0.25) is 0 Å². The zero-order chi connectivity index (χ0) is 13.0. The minimum Gasteiger partial charge on any atom is -0.466 e. The minimum absolute atomic E-state index is 0.0197. The second kappa shape index (κ2) is 6.07. The van der Waals surface area contributed by atoms with Crippen LogP contribution < -0.4 is 5.32 Å². The second-order valence-electron chi connectivity index (χ2n) is 5.11. The molecule has 1 aliphatic carbocycles. The van der Waals surface area contributed by atoms with Crippen LogP contribution in [0.4, 0.5) is 4.79 Å². The summed E-state index contributed by atoms with van der Waals surface area (Å²) in [6.07, 6.45) is 5.08. The van der Waals surface area contributed by atoms with Gasteiger partial charge in [-0.05, 0) is 39.0 Å². The lowest BCUT2D eigenvalue weighted by Crippen LogP contribution is -2.51. The van der Waals surface area contributed by atoms with Crippen molar-refractivity contribution >= 4 is 12.0 Å². The Balaban J connectivity index is 1.81. The van der Waals surface area contributed by atoms with E-state index in [0.717, 1.165) is 32.2 Å². The summed E-state index contributed by atoms with van der Waals surface area (Å²) in [6.45, 7) is 3.46. The fourth-order valence-corrected chi connectivity index (χ4v) is 2.43. The average molecular weight is 254 g/mol. The van der Waals surface area contributed by atoms with Gasteiger partial charge in [-0.15, -0.1) is 0 Å². The number of carbonyl (C=O) groups excluding carboxylic acids is 2. The van der Waals surface area contributed by atoms with Gasteiger partial charge in [-0.2, -0.15) is 0 Å². The molecule has 1 saturated heterocycles. The molecular formula is C13H22N2O3. The number of ether oxygens (including phenoxy) is 1. The van der Waals surface area contributed by atoms with Crippen molar-refractivity contribution in [1.29, 1.82) is 0 Å². The van der Waals surface area contributed by atoms with Gasteiger partial charge in [-0.25, -0.2) is 4.79 Å². The van der Waals surface area contributed by atoms with Crippen molar-refractivity contribution in [1.82, 2.24) is 10.2 Å². The predicted octanol–water partition coefficient (Wildman–Crippen LogP) is 1.52. The lowest BCUT2D eigenvalue weighted by molar-refractivity contribution is -0.149. The molecular weight excluding hydrogens is 232 g/mol. The number of esters is 1. The summed E-state index contributed by atoms with van der Waals surface area (Å²) in [7, 11) is 0. The number of carbonyl (C=O) groups is 2. The first-order valence-corrected chi connectivity index (χ1v) is 6.92. The molecule has 2 aliphatic rings. The van der Waals surface area contributed by atoms with E-state index < -0.39 is 0 Å². The Bertz CT molecular complexity index is 315. The zero-order valence-electron chi connectivity index (χ0n) is 11.0. The summed E-state index contributed by atoms with van der Waals surface area (Å²) in [6, 6.07) is 0.328. The molecule has 18 heavy (non-hydrogen) atoms. The van der Waals surface area contributed by atoms with Gasteiger partial charge in [0.2, 0.25) is 0 Å². The van der Waals surface area contributed by atoms with Crippen LogP contribution in [0.3, 0.4) is 0 Å². The Hall–Kier alpha value is -1.26. The lowest BCUT2D eigenvalue weighted by Gasteiger charge is -2.34. The van der Waals surface area contributed by atoms with Crippen LogP contribution in [0.5, 0.6) is 0 Å². The van der Waals surface area contributed by atoms with E-state index in [1.54, 1.807) is 4.90 Å². The molecule has 5 heteroatoms. The van der Waals surface area contributed by atoms with Gasteiger partial charge in [0.1, 0.15) is 0 Å². The van der Waals surface area contributed by atoms with E-state index in [1.807, 2.05) is 6.92 Å². The average Bonchev–Trinajstić information content (AvgIpc) is 2.34. The van der Waals surface area contributed by atoms with Gasteiger partial charge < -0.3 is 15.0 Å². The number of urea groups is 1. The number of likely N-dealkylation sites (tertiary alicyclic amines) is 1. The van der Waals surface area contributed by atoms with E-state index in [2.05, 4.69) is 5.32 Å². The SMILES string of the molecule is CCOC(=O)C1CCCN(C(=O)NC2CCC2)C1. The smallest absolute Gasteiger partial charge is 0.317 e. The largest absolute Gasteiger partial charge is 0.466 e. The molecule has 0 radical (unpaired) electrons. The topological polar surface area (TPSA) is 58.6 Å². The van der Waals surface area contributed by atoms with Gasteiger partial charge in [0.25, 0.3) is 0 Å². The summed E-state index contributed by atoms with van der Waals surface area (Å²) in [4.78, 5) is 25.4. The maximum atomic E-state index is 12.0. The molecule has 2 amide bonds. The van der Waals surface area contributed by atoms with E-state index >= 15 is 0 Å². The van der Waals surface area contributed by atoms with Crippen molar-refractivity contribution in [3.8, 4) is 0 Å². The van der Waals surface area contributed by atoms with Crippen LogP contribution in [0, 0.1) is 5.92 Å². The number of amides is 2. The number of rotatable bonds is 3. The van der Waals surface area contributed by atoms with Crippen LogP contribution in [-0.4, -0.2) is 42.6 Å². The molecule has 1 atom stereocenters. The Morgan fingerprint density at radius 1 is 1.28 bits per heavy atom. The van der Waals surface area contributed by atoms with Gasteiger partial charge in [-0.3, -0.25) is 4.79 Å². The van der Waals surface area contributed by atoms with Crippen molar-refractivity contribution < 1.29 is 14.3 Å². The first-order chi connectivity index (χ1) is 8.70. The van der Waals surface area contributed by atoms with Crippen LogP contribution in [-0.2, 0) is 9.53 Å². The molecule has 0 bridgehead atoms. The highest BCUT2D eigenvalue weighted by Gasteiger charge is 2.30. The molecule has 1 saturated carbocycles. The highest BCUT2D eigenvalue weighted by Crippen LogP contribution is 2.21. The van der Waals surface area contributed by atoms with Gasteiger partial charge in [-0.1, -0.05) is 0 Å². The number of nitrogens with zero attached hydrogens (tertiary/aromatic N) is 1. The van der Waals surface area contributed by atoms with Crippen molar-refractivity contribution in [2.75, 3.05) is 19.7 Å². The van der Waals surface area contributed by atoms with E-state index in [9.17, 15) is 9.59 Å². The fourth-order valence-electron chi connectivity index (χ4n) is 2.43. The third-order valence-electron chi connectivity index (χ3n) is 3.76. The minimum atomic E-state index is -0.168. The lowest BCUT2D eigenvalue weighted by atomic mass is 9.93. The zero-order valence-corrected chi connectivity index (χ0v) is 11.0. The Kier molecular flexibility index (Phi) is 4.44. The van der Waals surface area contributed by atoms with Gasteiger partial charge in [0, 0.05) is 19.1 Å². The van der Waals surface area contributed by atoms with Crippen LogP contribution in [0.1, 0.15) is 39.0 Å². The fraction of sp³-hybridized carbons (Fsp3) is 0.846. The molecule has 2 fully saturated rings. The maximum absolute atomic E-state index is 12.0. The first kappa shape index (κ1) is 13.2. The third kappa shape index (κ3) is 3.15. The Morgan fingerprint density at radius 3 is 2.67 bits per heavy atom.